The predicted octanol–water partition coefficient (Wildman–Crippen LogP) is 0.637. The van der Waals surface area contributed by atoms with E-state index in [0.717, 1.165) is 0 Å². The number of carboxylic acids is 1. The molecule has 74 valence electrons. The molecule has 0 atom stereocenters. The van der Waals surface area contributed by atoms with E-state index in [1.165, 1.54) is 24.3 Å². The van der Waals surface area contributed by atoms with Crippen molar-refractivity contribution in [1.29, 1.82) is 0 Å². The van der Waals surface area contributed by atoms with Gasteiger partial charge in [-0.15, -0.1) is 0 Å². The molecule has 0 amide bonds. The maximum absolute atomic E-state index is 11.2. The molecule has 1 aromatic carbocycles. The normalized spacial score (nSPS) is 9.79. The maximum Gasteiger partial charge on any atom is 0.335 e. The molecule has 0 saturated heterocycles. The molecular weight excluding hydrogens is 204 g/mol. The molecule has 0 fully saturated rings. The lowest BCUT2D eigenvalue weighted by molar-refractivity contribution is 0.0697. The van der Waals surface area contributed by atoms with Crippen LogP contribution in [0.3, 0.4) is 0 Å². The summed E-state index contributed by atoms with van der Waals surface area (Å²) in [7, 11) is 0. The van der Waals surface area contributed by atoms with E-state index < -0.39 is 5.97 Å². The molecule has 5 nitrogen and oxygen atoms in total. The number of rotatable bonds is 3. The number of benzene rings is 1. The topological polar surface area (TPSA) is 92.4 Å². The molecule has 0 saturated carbocycles. The van der Waals surface area contributed by atoms with Gasteiger partial charge in [-0.05, 0) is 12.1 Å². The van der Waals surface area contributed by atoms with Gasteiger partial charge >= 0.3 is 5.97 Å². The van der Waals surface area contributed by atoms with E-state index in [4.69, 9.17) is 10.9 Å². The fourth-order valence-corrected chi connectivity index (χ4v) is 1.24. The van der Waals surface area contributed by atoms with E-state index >= 15 is 0 Å². The smallest absolute Gasteiger partial charge is 0.335 e. The third kappa shape index (κ3) is 2.56. The van der Waals surface area contributed by atoms with Crippen LogP contribution in [0.25, 0.3) is 0 Å². The summed E-state index contributed by atoms with van der Waals surface area (Å²) in [5, 5.41) is 8.34. The Morgan fingerprint density at radius 3 is 2.57 bits per heavy atom. The lowest BCUT2D eigenvalue weighted by atomic mass is 10.1. The summed E-state index contributed by atoms with van der Waals surface area (Å²) < 4.78 is 0. The van der Waals surface area contributed by atoms with Crippen molar-refractivity contribution in [2.45, 2.75) is 0 Å². The highest BCUT2D eigenvalue weighted by Crippen LogP contribution is 2.11. The molecule has 0 aromatic heterocycles. The second kappa shape index (κ2) is 4.75. The summed E-state index contributed by atoms with van der Waals surface area (Å²) >= 11 is 0.701. The molecule has 4 N–H and O–H groups in total. The number of carbonyl (C=O) groups is 2. The van der Waals surface area contributed by atoms with E-state index in [1.807, 2.05) is 0 Å². The third-order valence-electron chi connectivity index (χ3n) is 1.50. The zero-order chi connectivity index (χ0) is 10.6. The van der Waals surface area contributed by atoms with Crippen LogP contribution in [0.5, 0.6) is 0 Å². The number of carboxylic acid groups (broad SMARTS) is 1. The van der Waals surface area contributed by atoms with Crippen LogP contribution >= 0.6 is 11.9 Å². The molecule has 0 aliphatic rings. The molecule has 0 unspecified atom stereocenters. The van der Waals surface area contributed by atoms with Crippen molar-refractivity contribution in [2.24, 2.45) is 5.84 Å². The van der Waals surface area contributed by atoms with Gasteiger partial charge in [0.2, 0.25) is 5.12 Å². The average molecular weight is 212 g/mol. The fourth-order valence-electron chi connectivity index (χ4n) is 0.892. The van der Waals surface area contributed by atoms with E-state index in [2.05, 4.69) is 4.83 Å². The van der Waals surface area contributed by atoms with Crippen molar-refractivity contribution in [3.8, 4) is 0 Å². The third-order valence-corrected chi connectivity index (χ3v) is 2.04. The van der Waals surface area contributed by atoms with Gasteiger partial charge in [0.05, 0.1) is 5.56 Å². The zero-order valence-electron chi connectivity index (χ0n) is 7.06. The molecule has 1 rings (SSSR count). The summed E-state index contributed by atoms with van der Waals surface area (Å²) in [6, 6.07) is 5.75. The first kappa shape index (κ1) is 10.7. The Hall–Kier alpha value is -1.37. The van der Waals surface area contributed by atoms with Crippen LogP contribution in [-0.2, 0) is 0 Å². The minimum Gasteiger partial charge on any atom is -0.478 e. The first-order valence-corrected chi connectivity index (χ1v) is 4.47. The fraction of sp³-hybridized carbons (Fsp3) is 0. The molecule has 0 radical (unpaired) electrons. The minimum absolute atomic E-state index is 0.0773. The largest absolute Gasteiger partial charge is 0.478 e. The number of hydrazine groups is 1. The Morgan fingerprint density at radius 1 is 1.36 bits per heavy atom. The van der Waals surface area contributed by atoms with Gasteiger partial charge in [-0.25, -0.2) is 4.79 Å². The Bertz CT molecular complexity index is 367. The summed E-state index contributed by atoms with van der Waals surface area (Å²) in [4.78, 5) is 24.0. The Labute approximate surface area is 84.4 Å². The molecular formula is C8H8N2O3S. The molecule has 0 aliphatic carbocycles. The average Bonchev–Trinajstić information content (AvgIpc) is 2.18. The quantitative estimate of drug-likeness (QED) is 0.387. The van der Waals surface area contributed by atoms with Crippen LogP contribution in [0.15, 0.2) is 24.3 Å². The highest BCUT2D eigenvalue weighted by atomic mass is 32.2. The number of hydrogen-bond donors (Lipinski definition) is 3. The van der Waals surface area contributed by atoms with E-state index in [0.29, 0.717) is 17.5 Å². The number of carbonyl (C=O) groups excluding carboxylic acids is 1. The van der Waals surface area contributed by atoms with Gasteiger partial charge in [0.1, 0.15) is 0 Å². The monoisotopic (exact) mass is 212 g/mol. The standard InChI is InChI=1S/C8H8N2O3S/c9-10-14-8(13)6-3-1-2-5(4-6)7(11)12/h1-4,10H,9H2,(H,11,12). The van der Waals surface area contributed by atoms with Gasteiger partial charge in [-0.1, -0.05) is 12.1 Å². The van der Waals surface area contributed by atoms with Crippen molar-refractivity contribution < 1.29 is 14.7 Å². The predicted molar refractivity (Wildman–Crippen MR) is 52.6 cm³/mol. The molecule has 6 heteroatoms. The maximum atomic E-state index is 11.2. The molecule has 0 bridgehead atoms. The zero-order valence-corrected chi connectivity index (χ0v) is 7.88. The molecule has 0 spiro atoms. The molecule has 1 aromatic rings. The lowest BCUT2D eigenvalue weighted by Gasteiger charge is -1.99. The Balaban J connectivity index is 2.93. The highest BCUT2D eigenvalue weighted by Gasteiger charge is 2.09. The van der Waals surface area contributed by atoms with Crippen molar-refractivity contribution in [2.75, 3.05) is 0 Å². The number of aromatic carboxylic acids is 1. The second-order valence-electron chi connectivity index (χ2n) is 2.39. The van der Waals surface area contributed by atoms with Crippen molar-refractivity contribution in [1.82, 2.24) is 4.83 Å². The van der Waals surface area contributed by atoms with Crippen molar-refractivity contribution >= 4 is 23.0 Å². The van der Waals surface area contributed by atoms with Gasteiger partial charge in [0.25, 0.3) is 0 Å². The van der Waals surface area contributed by atoms with Gasteiger partial charge in [-0.2, -0.15) is 4.83 Å². The number of nitrogens with one attached hydrogen (secondary N) is 1. The summed E-state index contributed by atoms with van der Waals surface area (Å²) in [6.45, 7) is 0. The minimum atomic E-state index is -1.06. The first-order chi connectivity index (χ1) is 6.65. The molecule has 0 heterocycles. The summed E-state index contributed by atoms with van der Waals surface area (Å²) in [5.41, 5.74) is 0.376. The second-order valence-corrected chi connectivity index (χ2v) is 3.20. The number of nitrogens with two attached hydrogens (primary N) is 1. The first-order valence-electron chi connectivity index (χ1n) is 3.65. The Morgan fingerprint density at radius 2 is 2.00 bits per heavy atom. The van der Waals surface area contributed by atoms with Gasteiger partial charge in [0.15, 0.2) is 0 Å². The highest BCUT2D eigenvalue weighted by molar-refractivity contribution is 8.12. The van der Waals surface area contributed by atoms with Crippen molar-refractivity contribution in [3.05, 3.63) is 35.4 Å². The number of hydrogen-bond acceptors (Lipinski definition) is 5. The molecule has 0 aliphatic heterocycles. The Kier molecular flexibility index (Phi) is 3.63. The van der Waals surface area contributed by atoms with E-state index in [-0.39, 0.29) is 10.7 Å². The van der Waals surface area contributed by atoms with Gasteiger partial charge in [0, 0.05) is 17.5 Å². The van der Waals surface area contributed by atoms with Crippen LogP contribution in [0, 0.1) is 0 Å². The van der Waals surface area contributed by atoms with Crippen LogP contribution in [-0.4, -0.2) is 16.2 Å². The van der Waals surface area contributed by atoms with Crippen molar-refractivity contribution in [3.63, 3.8) is 0 Å². The van der Waals surface area contributed by atoms with Gasteiger partial charge < -0.3 is 5.11 Å². The lowest BCUT2D eigenvalue weighted by Crippen LogP contribution is -2.15. The van der Waals surface area contributed by atoms with Crippen LogP contribution in [0.4, 0.5) is 0 Å². The van der Waals surface area contributed by atoms with Crippen LogP contribution in [0.1, 0.15) is 20.7 Å². The van der Waals surface area contributed by atoms with Crippen LogP contribution in [0.2, 0.25) is 0 Å². The van der Waals surface area contributed by atoms with E-state index in [1.54, 1.807) is 0 Å². The summed E-state index contributed by atoms with van der Waals surface area (Å²) in [5.74, 6) is 3.88. The summed E-state index contributed by atoms with van der Waals surface area (Å²) in [6.07, 6.45) is 0. The van der Waals surface area contributed by atoms with Gasteiger partial charge in [-0.3, -0.25) is 10.6 Å². The van der Waals surface area contributed by atoms with E-state index in [9.17, 15) is 9.59 Å². The van der Waals surface area contributed by atoms with Crippen LogP contribution < -0.4 is 10.7 Å². The SMILES string of the molecule is NNSC(=O)c1cccc(C(=O)O)c1. The molecule has 14 heavy (non-hydrogen) atoms.